The Kier molecular flexibility index (Phi) is 7.05. The smallest absolute Gasteiger partial charge is 0.171 e. The number of rotatable bonds is 7. The Labute approximate surface area is 206 Å². The molecule has 2 aliphatic heterocycles. The molecule has 5 rings (SSSR count). The average Bonchev–Trinajstić information content (AvgIpc) is 3.25. The number of Topliss-reactive ketones (excluding diaryl/α,β-unsaturated/α-hetero) is 1. The van der Waals surface area contributed by atoms with Gasteiger partial charge in [-0.25, -0.2) is 0 Å². The fourth-order valence-corrected chi connectivity index (χ4v) is 6.23. The maximum Gasteiger partial charge on any atom is 0.171 e. The number of hydrogen-bond donors (Lipinski definition) is 0. The summed E-state index contributed by atoms with van der Waals surface area (Å²) in [6, 6.07) is 24.6. The lowest BCUT2D eigenvalue weighted by atomic mass is 9.85. The minimum atomic E-state index is -0.187. The van der Waals surface area contributed by atoms with Crippen molar-refractivity contribution in [1.29, 1.82) is 0 Å². The van der Waals surface area contributed by atoms with Gasteiger partial charge < -0.3 is 9.64 Å². The highest BCUT2D eigenvalue weighted by molar-refractivity contribution is 8.00. The van der Waals surface area contributed by atoms with Gasteiger partial charge in [-0.3, -0.25) is 9.69 Å². The highest BCUT2D eigenvalue weighted by atomic mass is 32.2. The van der Waals surface area contributed by atoms with Crippen LogP contribution in [0.2, 0.25) is 0 Å². The summed E-state index contributed by atoms with van der Waals surface area (Å²) in [6.45, 7) is 8.11. The van der Waals surface area contributed by atoms with Gasteiger partial charge in [0, 0.05) is 48.4 Å². The number of piperazine rings is 1. The summed E-state index contributed by atoms with van der Waals surface area (Å²) in [5.74, 6) is 0.807. The molecule has 176 valence electrons. The fraction of sp³-hybridized carbons (Fsp3) is 0.345. The van der Waals surface area contributed by atoms with E-state index in [0.717, 1.165) is 49.6 Å². The van der Waals surface area contributed by atoms with Gasteiger partial charge in [0.25, 0.3) is 0 Å². The number of carbonyl (C=O) groups excluding carboxylic acids is 1. The lowest BCUT2D eigenvalue weighted by Crippen LogP contribution is -2.45. The molecule has 2 unspecified atom stereocenters. The molecule has 2 heterocycles. The molecule has 0 radical (unpaired) electrons. The highest BCUT2D eigenvalue weighted by Gasteiger charge is 2.39. The molecule has 0 spiro atoms. The van der Waals surface area contributed by atoms with Crippen LogP contribution in [0.4, 0.5) is 0 Å². The minimum absolute atomic E-state index is 0.0880. The molecular formula is C29H32N2O2S. The largest absolute Gasteiger partial charge is 0.492 e. The number of ether oxygens (including phenoxy) is 1. The van der Waals surface area contributed by atoms with E-state index >= 15 is 0 Å². The molecule has 0 aromatic heterocycles. The van der Waals surface area contributed by atoms with E-state index in [1.54, 1.807) is 11.8 Å². The van der Waals surface area contributed by atoms with E-state index in [2.05, 4.69) is 66.2 Å². The topological polar surface area (TPSA) is 32.8 Å². The molecule has 5 heteroatoms. The van der Waals surface area contributed by atoms with Crippen LogP contribution in [0.25, 0.3) is 0 Å². The van der Waals surface area contributed by atoms with Gasteiger partial charge in [-0.1, -0.05) is 48.0 Å². The number of fused-ring (bicyclic) bond motifs is 1. The van der Waals surface area contributed by atoms with Gasteiger partial charge in [0.2, 0.25) is 0 Å². The first-order chi connectivity index (χ1) is 16.6. The van der Waals surface area contributed by atoms with Crippen molar-refractivity contribution in [2.75, 3.05) is 46.4 Å². The Hall–Kier alpha value is -2.60. The standard InChI is InChI=1S/C29H32N2O2S/c1-21-7-9-23(10-8-21)29-27(25-5-3-4-6-26(25)34-29)28(32)22-11-13-24(14-12-22)33-20-19-31-17-15-30(2)16-18-31/h3-14,27,29H,15-20H2,1-2H3. The van der Waals surface area contributed by atoms with Gasteiger partial charge in [-0.15, -0.1) is 11.8 Å². The van der Waals surface area contributed by atoms with Crippen LogP contribution in [0.15, 0.2) is 77.7 Å². The Balaban J connectivity index is 1.28. The van der Waals surface area contributed by atoms with Crippen LogP contribution >= 0.6 is 11.8 Å². The summed E-state index contributed by atoms with van der Waals surface area (Å²) in [5.41, 5.74) is 4.31. The van der Waals surface area contributed by atoms with Crippen molar-refractivity contribution in [1.82, 2.24) is 9.80 Å². The molecule has 0 bridgehead atoms. The zero-order valence-electron chi connectivity index (χ0n) is 19.9. The maximum absolute atomic E-state index is 13.8. The quantitative estimate of drug-likeness (QED) is 0.428. The van der Waals surface area contributed by atoms with Gasteiger partial charge in [-0.2, -0.15) is 0 Å². The van der Waals surface area contributed by atoms with E-state index in [9.17, 15) is 4.79 Å². The summed E-state index contributed by atoms with van der Waals surface area (Å²) in [7, 11) is 2.17. The van der Waals surface area contributed by atoms with E-state index in [-0.39, 0.29) is 17.0 Å². The third-order valence-electron chi connectivity index (χ3n) is 6.91. The van der Waals surface area contributed by atoms with E-state index < -0.39 is 0 Å². The zero-order valence-corrected chi connectivity index (χ0v) is 20.8. The maximum atomic E-state index is 13.8. The van der Waals surface area contributed by atoms with Crippen molar-refractivity contribution in [3.8, 4) is 5.75 Å². The minimum Gasteiger partial charge on any atom is -0.492 e. The van der Waals surface area contributed by atoms with E-state index in [0.29, 0.717) is 6.61 Å². The van der Waals surface area contributed by atoms with Crippen molar-refractivity contribution >= 4 is 17.5 Å². The number of aryl methyl sites for hydroxylation is 1. The molecule has 3 aromatic carbocycles. The Morgan fingerprint density at radius 1 is 0.941 bits per heavy atom. The number of ketones is 1. The number of benzene rings is 3. The van der Waals surface area contributed by atoms with Crippen molar-refractivity contribution in [2.45, 2.75) is 23.0 Å². The number of likely N-dealkylation sites (N-methyl/N-ethyl adjacent to an activating group) is 1. The second-order valence-corrected chi connectivity index (χ2v) is 10.5. The number of hydrogen-bond acceptors (Lipinski definition) is 5. The predicted molar refractivity (Wildman–Crippen MR) is 139 cm³/mol. The number of carbonyl (C=O) groups is 1. The molecule has 1 fully saturated rings. The lowest BCUT2D eigenvalue weighted by molar-refractivity contribution is 0.0958. The summed E-state index contributed by atoms with van der Waals surface area (Å²) in [4.78, 5) is 19.8. The van der Waals surface area contributed by atoms with Gasteiger partial charge in [0.15, 0.2) is 5.78 Å². The molecule has 2 atom stereocenters. The average molecular weight is 473 g/mol. The van der Waals surface area contributed by atoms with Crippen LogP contribution in [-0.4, -0.2) is 62.0 Å². The Bertz CT molecular complexity index is 1120. The monoisotopic (exact) mass is 472 g/mol. The molecule has 2 aliphatic rings. The first-order valence-electron chi connectivity index (χ1n) is 12.1. The lowest BCUT2D eigenvalue weighted by Gasteiger charge is -2.32. The fourth-order valence-electron chi connectivity index (χ4n) is 4.77. The molecule has 4 nitrogen and oxygen atoms in total. The molecule has 0 saturated carbocycles. The molecule has 0 N–H and O–H groups in total. The van der Waals surface area contributed by atoms with Crippen molar-refractivity contribution in [2.24, 2.45) is 0 Å². The predicted octanol–water partition coefficient (Wildman–Crippen LogP) is 5.43. The Morgan fingerprint density at radius 2 is 1.65 bits per heavy atom. The molecule has 0 amide bonds. The van der Waals surface area contributed by atoms with Crippen LogP contribution in [0.1, 0.15) is 38.2 Å². The van der Waals surface area contributed by atoms with Crippen LogP contribution < -0.4 is 4.74 Å². The van der Waals surface area contributed by atoms with Gasteiger partial charge in [0.1, 0.15) is 12.4 Å². The second-order valence-electron chi connectivity index (χ2n) is 9.35. The summed E-state index contributed by atoms with van der Waals surface area (Å²) < 4.78 is 5.98. The third kappa shape index (κ3) is 5.07. The normalized spacial score (nSPS) is 20.8. The van der Waals surface area contributed by atoms with Crippen molar-refractivity contribution in [3.63, 3.8) is 0 Å². The van der Waals surface area contributed by atoms with Crippen LogP contribution in [0.5, 0.6) is 5.75 Å². The van der Waals surface area contributed by atoms with Crippen LogP contribution in [0.3, 0.4) is 0 Å². The third-order valence-corrected chi connectivity index (χ3v) is 8.33. The van der Waals surface area contributed by atoms with Crippen LogP contribution in [0, 0.1) is 6.92 Å². The van der Waals surface area contributed by atoms with Gasteiger partial charge in [0.05, 0.1) is 5.92 Å². The summed E-state index contributed by atoms with van der Waals surface area (Å²) in [6.07, 6.45) is 0. The van der Waals surface area contributed by atoms with Gasteiger partial charge >= 0.3 is 0 Å². The molecule has 34 heavy (non-hydrogen) atoms. The zero-order chi connectivity index (χ0) is 23.5. The summed E-state index contributed by atoms with van der Waals surface area (Å²) >= 11 is 1.80. The second kappa shape index (κ2) is 10.3. The molecule has 0 aliphatic carbocycles. The SMILES string of the molecule is Cc1ccc(C2Sc3ccccc3C2C(=O)c2ccc(OCCN3CCN(C)CC3)cc2)cc1. The molecule has 3 aromatic rings. The number of thioether (sulfide) groups is 1. The molecular weight excluding hydrogens is 440 g/mol. The first-order valence-corrected chi connectivity index (χ1v) is 13.0. The van der Waals surface area contributed by atoms with E-state index in [1.807, 2.05) is 30.3 Å². The van der Waals surface area contributed by atoms with E-state index in [4.69, 9.17) is 4.74 Å². The van der Waals surface area contributed by atoms with Crippen LogP contribution in [-0.2, 0) is 0 Å². The highest BCUT2D eigenvalue weighted by Crippen LogP contribution is 2.55. The first kappa shape index (κ1) is 23.2. The van der Waals surface area contributed by atoms with E-state index in [1.165, 1.54) is 16.0 Å². The Morgan fingerprint density at radius 3 is 2.38 bits per heavy atom. The van der Waals surface area contributed by atoms with Gasteiger partial charge in [-0.05, 0) is 55.4 Å². The van der Waals surface area contributed by atoms with Crippen molar-refractivity contribution in [3.05, 3.63) is 95.1 Å². The summed E-state index contributed by atoms with van der Waals surface area (Å²) in [5, 5.41) is 0.0880. The number of nitrogens with zero attached hydrogens (tertiary/aromatic N) is 2. The van der Waals surface area contributed by atoms with Crippen molar-refractivity contribution < 1.29 is 9.53 Å². The molecule has 1 saturated heterocycles.